The third kappa shape index (κ3) is 11.3. The number of unbranched alkanes of at least 4 members (excludes halogenated alkanes) is 3. The molecule has 0 radical (unpaired) electrons. The molecule has 0 saturated carbocycles. The molecule has 0 aliphatic carbocycles. The lowest BCUT2D eigenvalue weighted by Crippen LogP contribution is -2.21. The van der Waals surface area contributed by atoms with E-state index in [-0.39, 0.29) is 12.3 Å². The van der Waals surface area contributed by atoms with E-state index in [9.17, 15) is 9.59 Å². The zero-order valence-corrected chi connectivity index (χ0v) is 21.7. The van der Waals surface area contributed by atoms with E-state index in [1.807, 2.05) is 42.5 Å². The summed E-state index contributed by atoms with van der Waals surface area (Å²) in [6.45, 7) is 1.07. The van der Waals surface area contributed by atoms with Gasteiger partial charge in [-0.25, -0.2) is 0 Å². The zero-order valence-electron chi connectivity index (χ0n) is 21.7. The molecule has 7 heteroatoms. The third-order valence-electron chi connectivity index (χ3n) is 5.64. The molecule has 0 aliphatic heterocycles. The van der Waals surface area contributed by atoms with Crippen LogP contribution in [-0.2, 0) is 16.0 Å². The van der Waals surface area contributed by atoms with E-state index in [0.29, 0.717) is 37.6 Å². The van der Waals surface area contributed by atoms with Crippen molar-refractivity contribution in [2.45, 2.75) is 51.4 Å². The highest BCUT2D eigenvalue weighted by Gasteiger charge is 2.09. The lowest BCUT2D eigenvalue weighted by molar-refractivity contribution is -0.137. The smallest absolute Gasteiger partial charge is 0.303 e. The first-order chi connectivity index (χ1) is 17.4. The highest BCUT2D eigenvalue weighted by molar-refractivity contribution is 5.75. The van der Waals surface area contributed by atoms with Gasteiger partial charge in [-0.05, 0) is 80.0 Å². The molecule has 0 aromatic heterocycles. The Balaban J connectivity index is 1.77. The van der Waals surface area contributed by atoms with Crippen LogP contribution < -0.4 is 14.2 Å². The Hall–Kier alpha value is -3.48. The first-order valence-corrected chi connectivity index (χ1v) is 12.5. The van der Waals surface area contributed by atoms with Crippen LogP contribution in [0.25, 0.3) is 6.08 Å². The second-order valence-electron chi connectivity index (χ2n) is 8.78. The molecule has 196 valence electrons. The molecule has 36 heavy (non-hydrogen) atoms. The number of allylic oxidation sites excluding steroid dienone is 1. The lowest BCUT2D eigenvalue weighted by atomic mass is 10.1. The number of carbonyl (C=O) groups is 2. The van der Waals surface area contributed by atoms with Gasteiger partial charge in [-0.3, -0.25) is 9.59 Å². The maximum atomic E-state index is 11.6. The Bertz CT molecular complexity index is 968. The molecule has 0 atom stereocenters. The predicted molar refractivity (Wildman–Crippen MR) is 142 cm³/mol. The Morgan fingerprint density at radius 2 is 1.58 bits per heavy atom. The Morgan fingerprint density at radius 3 is 2.28 bits per heavy atom. The molecule has 7 nitrogen and oxygen atoms in total. The summed E-state index contributed by atoms with van der Waals surface area (Å²) in [6, 6.07) is 13.5. The van der Waals surface area contributed by atoms with E-state index in [1.165, 1.54) is 0 Å². The summed E-state index contributed by atoms with van der Waals surface area (Å²) in [6.07, 6.45) is 9.55. The van der Waals surface area contributed by atoms with Crippen LogP contribution in [0.15, 0.2) is 48.5 Å². The van der Waals surface area contributed by atoms with Crippen LogP contribution in [0.3, 0.4) is 0 Å². The maximum absolute atomic E-state index is 11.6. The number of carboxylic acid groups (broad SMARTS) is 1. The Labute approximate surface area is 214 Å². The largest absolute Gasteiger partial charge is 0.497 e. The summed E-state index contributed by atoms with van der Waals surface area (Å²) in [5.74, 6) is 1.50. The van der Waals surface area contributed by atoms with E-state index in [2.05, 4.69) is 12.2 Å². The summed E-state index contributed by atoms with van der Waals surface area (Å²) in [5.41, 5.74) is 1.97. The number of rotatable bonds is 17. The number of ether oxygens (including phenoxy) is 3. The molecule has 1 N–H and O–H groups in total. The number of carboxylic acids is 1. The number of methoxy groups -OCH3 is 1. The Kier molecular flexibility index (Phi) is 13.0. The molecule has 0 aliphatic rings. The highest BCUT2D eigenvalue weighted by Crippen LogP contribution is 2.26. The molecule has 0 heterocycles. The second-order valence-corrected chi connectivity index (χ2v) is 8.78. The summed E-state index contributed by atoms with van der Waals surface area (Å²) in [4.78, 5) is 24.3. The summed E-state index contributed by atoms with van der Waals surface area (Å²) >= 11 is 0. The molecule has 0 spiro atoms. The van der Waals surface area contributed by atoms with Crippen LogP contribution in [0.1, 0.15) is 56.1 Å². The fraction of sp³-hybridized carbons (Fsp3) is 0.448. The first-order valence-electron chi connectivity index (χ1n) is 12.5. The van der Waals surface area contributed by atoms with E-state index in [0.717, 1.165) is 49.0 Å². The van der Waals surface area contributed by atoms with Crippen molar-refractivity contribution in [3.8, 4) is 17.2 Å². The van der Waals surface area contributed by atoms with Crippen molar-refractivity contribution in [2.24, 2.45) is 0 Å². The van der Waals surface area contributed by atoms with Gasteiger partial charge < -0.3 is 24.2 Å². The van der Waals surface area contributed by atoms with Gasteiger partial charge in [0.1, 0.15) is 17.2 Å². The Morgan fingerprint density at radius 1 is 0.889 bits per heavy atom. The molecule has 2 aromatic carbocycles. The predicted octanol–water partition coefficient (Wildman–Crippen LogP) is 5.61. The first kappa shape index (κ1) is 28.8. The molecule has 0 unspecified atom stereocenters. The molecule has 2 aromatic rings. The maximum Gasteiger partial charge on any atom is 0.303 e. The van der Waals surface area contributed by atoms with Gasteiger partial charge in [-0.2, -0.15) is 0 Å². The van der Waals surface area contributed by atoms with Crippen molar-refractivity contribution in [2.75, 3.05) is 34.4 Å². The number of nitrogens with zero attached hydrogens (tertiary/aromatic N) is 1. The second kappa shape index (κ2) is 16.2. The van der Waals surface area contributed by atoms with Crippen molar-refractivity contribution in [1.29, 1.82) is 0 Å². The fourth-order valence-electron chi connectivity index (χ4n) is 3.50. The number of amides is 1. The average molecular weight is 498 g/mol. The molecule has 1 amide bonds. The zero-order chi connectivity index (χ0) is 26.2. The van der Waals surface area contributed by atoms with E-state index >= 15 is 0 Å². The third-order valence-corrected chi connectivity index (χ3v) is 5.64. The van der Waals surface area contributed by atoms with Crippen LogP contribution in [-0.4, -0.2) is 56.3 Å². The van der Waals surface area contributed by atoms with Gasteiger partial charge in [-0.1, -0.05) is 24.3 Å². The number of hydrogen-bond acceptors (Lipinski definition) is 5. The molecule has 0 fully saturated rings. The van der Waals surface area contributed by atoms with Gasteiger partial charge in [-0.15, -0.1) is 0 Å². The topological polar surface area (TPSA) is 85.3 Å². The number of carbonyl (C=O) groups excluding carboxylic acids is 1. The van der Waals surface area contributed by atoms with Gasteiger partial charge >= 0.3 is 5.97 Å². The van der Waals surface area contributed by atoms with Gasteiger partial charge in [0.2, 0.25) is 5.91 Å². The SMILES string of the molecule is COc1ccc(/C=C/CCCCOc2ccc(OCCCCC(=O)N(C)C)cc2CCC(=O)O)cc1. The number of hydrogen-bond donors (Lipinski definition) is 1. The van der Waals surface area contributed by atoms with Crippen LogP contribution in [0, 0.1) is 0 Å². The van der Waals surface area contributed by atoms with Crippen molar-refractivity contribution in [3.63, 3.8) is 0 Å². The number of benzene rings is 2. The fourth-order valence-corrected chi connectivity index (χ4v) is 3.50. The van der Waals surface area contributed by atoms with Crippen molar-refractivity contribution in [3.05, 3.63) is 59.7 Å². The number of aliphatic carboxylic acids is 1. The van der Waals surface area contributed by atoms with E-state index in [4.69, 9.17) is 19.3 Å². The molecular formula is C29H39NO6. The highest BCUT2D eigenvalue weighted by atomic mass is 16.5. The van der Waals surface area contributed by atoms with Crippen LogP contribution in [0.2, 0.25) is 0 Å². The van der Waals surface area contributed by atoms with Crippen LogP contribution in [0.4, 0.5) is 0 Å². The van der Waals surface area contributed by atoms with Gasteiger partial charge in [0.15, 0.2) is 0 Å². The minimum Gasteiger partial charge on any atom is -0.497 e. The van der Waals surface area contributed by atoms with E-state index < -0.39 is 5.97 Å². The molecule has 0 saturated heterocycles. The quantitative estimate of drug-likeness (QED) is 0.286. The minimum absolute atomic E-state index is 0.0304. The van der Waals surface area contributed by atoms with Crippen LogP contribution in [0.5, 0.6) is 17.2 Å². The minimum atomic E-state index is -0.846. The number of aryl methyl sites for hydroxylation is 1. The molecule has 0 bridgehead atoms. The van der Waals surface area contributed by atoms with Gasteiger partial charge in [0, 0.05) is 26.9 Å². The average Bonchev–Trinajstić information content (AvgIpc) is 2.87. The normalized spacial score (nSPS) is 10.9. The summed E-state index contributed by atoms with van der Waals surface area (Å²) in [5, 5.41) is 9.11. The molecular weight excluding hydrogens is 458 g/mol. The molecule has 2 rings (SSSR count). The van der Waals surface area contributed by atoms with E-state index in [1.54, 1.807) is 26.1 Å². The van der Waals surface area contributed by atoms with Crippen molar-refractivity contribution < 1.29 is 28.9 Å². The standard InChI is InChI=1S/C29H39NO6/c1-30(2)28(31)11-7-9-20-35-26-17-18-27(24(22-26)14-19-29(32)33)36-21-8-5-4-6-10-23-12-15-25(34-3)16-13-23/h6,10,12-13,15-18,22H,4-5,7-9,11,14,19-21H2,1-3H3,(H,32,33)/b10-6+. The monoisotopic (exact) mass is 497 g/mol. The summed E-state index contributed by atoms with van der Waals surface area (Å²) in [7, 11) is 5.16. The van der Waals surface area contributed by atoms with Crippen molar-refractivity contribution >= 4 is 18.0 Å². The van der Waals surface area contributed by atoms with Gasteiger partial charge in [0.25, 0.3) is 0 Å². The van der Waals surface area contributed by atoms with Gasteiger partial charge in [0.05, 0.1) is 20.3 Å². The lowest BCUT2D eigenvalue weighted by Gasteiger charge is -2.14. The van der Waals surface area contributed by atoms with Crippen LogP contribution >= 0.6 is 0 Å². The summed E-state index contributed by atoms with van der Waals surface area (Å²) < 4.78 is 17.0. The van der Waals surface area contributed by atoms with Crippen molar-refractivity contribution in [1.82, 2.24) is 4.90 Å².